The van der Waals surface area contributed by atoms with E-state index in [2.05, 4.69) is 20.5 Å². The smallest absolute Gasteiger partial charge is 0.147 e. The maximum Gasteiger partial charge on any atom is 0.147 e. The Morgan fingerprint density at radius 1 is 1.09 bits per heavy atom. The van der Waals surface area contributed by atoms with Crippen molar-refractivity contribution in [2.45, 2.75) is 18.9 Å². The molecule has 0 unspecified atom stereocenters. The van der Waals surface area contributed by atoms with E-state index in [1.165, 1.54) is 12.1 Å². The first-order chi connectivity index (χ1) is 16.1. The van der Waals surface area contributed by atoms with Crippen LogP contribution in [-0.2, 0) is 7.05 Å². The van der Waals surface area contributed by atoms with Crippen LogP contribution in [0, 0.1) is 17.1 Å². The molecule has 2 aromatic heterocycles. The van der Waals surface area contributed by atoms with Crippen molar-refractivity contribution in [1.29, 1.82) is 5.26 Å². The number of nitrogens with zero attached hydrogens (tertiary/aromatic N) is 7. The zero-order valence-electron chi connectivity index (χ0n) is 18.5. The normalized spacial score (nSPS) is 14.5. The summed E-state index contributed by atoms with van der Waals surface area (Å²) in [5.41, 5.74) is 4.22. The Morgan fingerprint density at radius 3 is 2.58 bits per heavy atom. The summed E-state index contributed by atoms with van der Waals surface area (Å²) in [5.74, 6) is 0.181. The van der Waals surface area contributed by atoms with Crippen LogP contribution in [0.4, 0.5) is 10.2 Å². The Balaban J connectivity index is 1.61. The van der Waals surface area contributed by atoms with E-state index < -0.39 is 5.82 Å². The van der Waals surface area contributed by atoms with Crippen LogP contribution in [0.25, 0.3) is 33.5 Å². The number of hydrogen-bond donors (Lipinski definition) is 1. The van der Waals surface area contributed by atoms with Gasteiger partial charge in [-0.1, -0.05) is 17.3 Å². The third kappa shape index (κ3) is 3.90. The number of anilines is 1. The molecular weight excluding hydrogens is 419 g/mol. The molecule has 33 heavy (non-hydrogen) atoms. The summed E-state index contributed by atoms with van der Waals surface area (Å²) in [5, 5.41) is 20.7. The van der Waals surface area contributed by atoms with Crippen molar-refractivity contribution in [3.05, 3.63) is 54.0 Å². The quantitative estimate of drug-likeness (QED) is 0.518. The van der Waals surface area contributed by atoms with Gasteiger partial charge >= 0.3 is 0 Å². The summed E-state index contributed by atoms with van der Waals surface area (Å²) in [6, 6.07) is 12.7. The van der Waals surface area contributed by atoms with E-state index >= 15 is 0 Å². The third-order valence-corrected chi connectivity index (χ3v) is 6.23. The SMILES string of the molecule is CNC1CCN(c2cnc(-c3ccc4c(c3)nnn4C)c(-c3ccc(C#N)c(F)c3)n2)CC1. The van der Waals surface area contributed by atoms with Gasteiger partial charge in [-0.3, -0.25) is 4.98 Å². The van der Waals surface area contributed by atoms with Crippen molar-refractivity contribution in [3.8, 4) is 28.6 Å². The highest BCUT2D eigenvalue weighted by molar-refractivity contribution is 5.85. The van der Waals surface area contributed by atoms with Crippen molar-refractivity contribution in [2.24, 2.45) is 7.05 Å². The van der Waals surface area contributed by atoms with Crippen LogP contribution in [0.2, 0.25) is 0 Å². The molecule has 0 aliphatic carbocycles. The van der Waals surface area contributed by atoms with E-state index in [0.717, 1.165) is 48.3 Å². The maximum absolute atomic E-state index is 14.5. The van der Waals surface area contributed by atoms with Crippen LogP contribution in [0.5, 0.6) is 0 Å². The van der Waals surface area contributed by atoms with Crippen LogP contribution in [-0.4, -0.2) is 51.1 Å². The number of piperidine rings is 1. The average Bonchev–Trinajstić information content (AvgIpc) is 3.23. The van der Waals surface area contributed by atoms with Crippen molar-refractivity contribution in [3.63, 3.8) is 0 Å². The van der Waals surface area contributed by atoms with Crippen molar-refractivity contribution < 1.29 is 4.39 Å². The van der Waals surface area contributed by atoms with Crippen LogP contribution in [0.1, 0.15) is 18.4 Å². The first-order valence-corrected chi connectivity index (χ1v) is 10.9. The topological polar surface area (TPSA) is 95.5 Å². The van der Waals surface area contributed by atoms with Crippen LogP contribution >= 0.6 is 0 Å². The van der Waals surface area contributed by atoms with Crippen LogP contribution in [0.15, 0.2) is 42.6 Å². The number of aromatic nitrogens is 5. The Labute approximate surface area is 190 Å². The van der Waals surface area contributed by atoms with Gasteiger partial charge in [0.1, 0.15) is 23.2 Å². The minimum atomic E-state index is -0.577. The molecule has 5 rings (SSSR count). The summed E-state index contributed by atoms with van der Waals surface area (Å²) in [7, 11) is 3.83. The fourth-order valence-corrected chi connectivity index (χ4v) is 4.28. The number of nitrogens with one attached hydrogen (secondary N) is 1. The van der Waals surface area contributed by atoms with Crippen LogP contribution < -0.4 is 10.2 Å². The molecule has 1 aliphatic heterocycles. The fourth-order valence-electron chi connectivity index (χ4n) is 4.28. The van der Waals surface area contributed by atoms with Gasteiger partial charge < -0.3 is 10.2 Å². The Morgan fingerprint density at radius 2 is 1.85 bits per heavy atom. The monoisotopic (exact) mass is 442 g/mol. The number of aryl methyl sites for hydroxylation is 1. The van der Waals surface area contributed by atoms with E-state index in [4.69, 9.17) is 15.2 Å². The molecule has 0 amide bonds. The highest BCUT2D eigenvalue weighted by Crippen LogP contribution is 2.33. The number of benzene rings is 2. The Kier molecular flexibility index (Phi) is 5.44. The molecule has 0 saturated carbocycles. The lowest BCUT2D eigenvalue weighted by molar-refractivity contribution is 0.440. The van der Waals surface area contributed by atoms with E-state index in [1.54, 1.807) is 16.9 Å². The zero-order chi connectivity index (χ0) is 22.9. The molecule has 3 heterocycles. The van der Waals surface area contributed by atoms with Crippen molar-refractivity contribution in [2.75, 3.05) is 25.0 Å². The fraction of sp³-hybridized carbons (Fsp3) is 0.292. The van der Waals surface area contributed by atoms with Gasteiger partial charge in [0, 0.05) is 37.3 Å². The summed E-state index contributed by atoms with van der Waals surface area (Å²) in [6.07, 6.45) is 3.81. The van der Waals surface area contributed by atoms with Gasteiger partial charge in [-0.25, -0.2) is 14.1 Å². The van der Waals surface area contributed by atoms with Gasteiger partial charge in [-0.05, 0) is 44.2 Å². The summed E-state index contributed by atoms with van der Waals surface area (Å²) < 4.78 is 16.2. The second-order valence-corrected chi connectivity index (χ2v) is 8.20. The predicted octanol–water partition coefficient (Wildman–Crippen LogP) is 3.29. The summed E-state index contributed by atoms with van der Waals surface area (Å²) >= 11 is 0. The molecule has 0 radical (unpaired) electrons. The molecular formula is C24H23FN8. The van der Waals surface area contributed by atoms with Crippen LogP contribution in [0.3, 0.4) is 0 Å². The predicted molar refractivity (Wildman–Crippen MR) is 124 cm³/mol. The number of rotatable bonds is 4. The lowest BCUT2D eigenvalue weighted by Gasteiger charge is -2.32. The summed E-state index contributed by atoms with van der Waals surface area (Å²) in [4.78, 5) is 11.9. The molecule has 4 aromatic rings. The molecule has 1 saturated heterocycles. The van der Waals surface area contributed by atoms with Gasteiger partial charge in [0.15, 0.2) is 0 Å². The molecule has 9 heteroatoms. The Bertz CT molecular complexity index is 1360. The minimum Gasteiger partial charge on any atom is -0.355 e. The molecule has 166 valence electrons. The van der Waals surface area contributed by atoms with Crippen molar-refractivity contribution in [1.82, 2.24) is 30.3 Å². The number of fused-ring (bicyclic) bond motifs is 1. The highest BCUT2D eigenvalue weighted by atomic mass is 19.1. The average molecular weight is 443 g/mol. The first-order valence-electron chi connectivity index (χ1n) is 10.9. The van der Waals surface area contributed by atoms with Crippen molar-refractivity contribution >= 4 is 16.9 Å². The van der Waals surface area contributed by atoms with Gasteiger partial charge in [0.25, 0.3) is 0 Å². The molecule has 2 aromatic carbocycles. The van der Waals surface area contributed by atoms with E-state index in [-0.39, 0.29) is 5.56 Å². The first kappa shape index (κ1) is 21.0. The molecule has 0 bridgehead atoms. The second-order valence-electron chi connectivity index (χ2n) is 8.20. The molecule has 1 N–H and O–H groups in total. The second kappa shape index (κ2) is 8.56. The molecule has 1 fully saturated rings. The number of hydrogen-bond acceptors (Lipinski definition) is 7. The van der Waals surface area contributed by atoms with Gasteiger partial charge in [0.05, 0.1) is 28.7 Å². The van der Waals surface area contributed by atoms with E-state index in [9.17, 15) is 4.39 Å². The van der Waals surface area contributed by atoms with Gasteiger partial charge in [0.2, 0.25) is 0 Å². The number of halogens is 1. The lowest BCUT2D eigenvalue weighted by Crippen LogP contribution is -2.41. The lowest BCUT2D eigenvalue weighted by atomic mass is 10.0. The molecule has 8 nitrogen and oxygen atoms in total. The molecule has 0 spiro atoms. The van der Waals surface area contributed by atoms with Gasteiger partial charge in [-0.15, -0.1) is 5.10 Å². The molecule has 1 aliphatic rings. The summed E-state index contributed by atoms with van der Waals surface area (Å²) in [6.45, 7) is 1.73. The number of nitriles is 1. The molecule has 0 atom stereocenters. The minimum absolute atomic E-state index is 0.000434. The van der Waals surface area contributed by atoms with Gasteiger partial charge in [-0.2, -0.15) is 5.26 Å². The van der Waals surface area contributed by atoms with E-state index in [0.29, 0.717) is 23.0 Å². The zero-order valence-corrected chi connectivity index (χ0v) is 18.5. The Hall–Kier alpha value is -3.90. The maximum atomic E-state index is 14.5. The third-order valence-electron chi connectivity index (χ3n) is 6.23. The standard InChI is InChI=1S/C24H23FN8/c1-27-18-7-9-33(10-8-18)22-14-28-23(16-5-6-21-20(12-16)30-31-32(21)2)24(29-22)15-3-4-17(13-26)19(25)11-15/h3-6,11-12,14,18,27H,7-10H2,1-2H3. The largest absolute Gasteiger partial charge is 0.355 e. The van der Waals surface area contributed by atoms with E-state index in [1.807, 2.05) is 38.4 Å². The highest BCUT2D eigenvalue weighted by Gasteiger charge is 2.22.